The Morgan fingerprint density at radius 3 is 2.72 bits per heavy atom. The molecule has 0 aromatic carbocycles. The highest BCUT2D eigenvalue weighted by atomic mass is 79.9. The van der Waals surface area contributed by atoms with Crippen molar-refractivity contribution in [3.63, 3.8) is 0 Å². The van der Waals surface area contributed by atoms with Gasteiger partial charge in [-0.15, -0.1) is 11.3 Å². The zero-order valence-corrected chi connectivity index (χ0v) is 13.8. The Bertz CT molecular complexity index is 393. The van der Waals surface area contributed by atoms with Crippen LogP contribution in [0, 0.1) is 11.8 Å². The summed E-state index contributed by atoms with van der Waals surface area (Å²) in [5.74, 6) is 1.53. The van der Waals surface area contributed by atoms with Gasteiger partial charge in [0.1, 0.15) is 0 Å². The summed E-state index contributed by atoms with van der Waals surface area (Å²) in [6.45, 7) is 8.94. The zero-order chi connectivity index (χ0) is 13.3. The predicted molar refractivity (Wildman–Crippen MR) is 82.9 cm³/mol. The molecule has 0 bridgehead atoms. The topological polar surface area (TPSA) is 29.3 Å². The lowest BCUT2D eigenvalue weighted by molar-refractivity contribution is 0.0437. The molecule has 2 rings (SSSR count). The van der Waals surface area contributed by atoms with E-state index < -0.39 is 0 Å². The predicted octanol–water partition coefficient (Wildman–Crippen LogP) is 3.88. The first-order valence-electron chi connectivity index (χ1n) is 6.74. The van der Waals surface area contributed by atoms with Gasteiger partial charge in [-0.3, -0.25) is 4.90 Å². The first-order valence-corrected chi connectivity index (χ1v) is 8.35. The minimum atomic E-state index is 0.376. The van der Waals surface area contributed by atoms with E-state index in [4.69, 9.17) is 5.73 Å². The van der Waals surface area contributed by atoms with Crippen LogP contribution in [0.4, 0.5) is 0 Å². The number of rotatable bonds is 3. The van der Waals surface area contributed by atoms with Crippen molar-refractivity contribution >= 4 is 27.3 Å². The molecule has 0 amide bonds. The van der Waals surface area contributed by atoms with Crippen molar-refractivity contribution in [3.8, 4) is 0 Å². The van der Waals surface area contributed by atoms with E-state index in [1.807, 2.05) is 11.3 Å². The summed E-state index contributed by atoms with van der Waals surface area (Å²) >= 11 is 5.37. The maximum absolute atomic E-state index is 6.05. The standard InChI is InChI=1S/C14H23BrN2S/c1-9-6-10(2)11(3)17(8-9)12(7-16)13-4-5-14(15)18-13/h4-5,9-12H,6-8,16H2,1-3H3. The second-order valence-corrected chi connectivity index (χ2v) is 8.14. The smallest absolute Gasteiger partial charge is 0.0702 e. The second kappa shape index (κ2) is 6.04. The van der Waals surface area contributed by atoms with E-state index in [2.05, 4.69) is 53.7 Å². The average molecular weight is 331 g/mol. The van der Waals surface area contributed by atoms with Crippen LogP contribution in [-0.4, -0.2) is 24.0 Å². The van der Waals surface area contributed by atoms with Gasteiger partial charge in [0.15, 0.2) is 0 Å². The third-order valence-electron chi connectivity index (χ3n) is 4.19. The van der Waals surface area contributed by atoms with Gasteiger partial charge in [-0.1, -0.05) is 13.8 Å². The van der Waals surface area contributed by atoms with Crippen LogP contribution >= 0.6 is 27.3 Å². The van der Waals surface area contributed by atoms with Crippen LogP contribution in [0.15, 0.2) is 15.9 Å². The Labute approximate surface area is 123 Å². The number of piperidine rings is 1. The van der Waals surface area contributed by atoms with Crippen molar-refractivity contribution in [3.05, 3.63) is 20.8 Å². The fraction of sp³-hybridized carbons (Fsp3) is 0.714. The van der Waals surface area contributed by atoms with Crippen LogP contribution in [0.3, 0.4) is 0 Å². The van der Waals surface area contributed by atoms with E-state index in [1.54, 1.807) is 0 Å². The van der Waals surface area contributed by atoms with Crippen LogP contribution in [0.25, 0.3) is 0 Å². The molecule has 1 saturated heterocycles. The molecule has 1 fully saturated rings. The molecule has 1 aliphatic heterocycles. The molecule has 2 N–H and O–H groups in total. The third-order valence-corrected chi connectivity index (χ3v) is 5.91. The quantitative estimate of drug-likeness (QED) is 0.911. The van der Waals surface area contributed by atoms with E-state index in [0.29, 0.717) is 18.6 Å². The SMILES string of the molecule is CC1CC(C)C(C)N(C(CN)c2ccc(Br)s2)C1. The molecule has 18 heavy (non-hydrogen) atoms. The molecule has 1 aromatic heterocycles. The maximum Gasteiger partial charge on any atom is 0.0702 e. The summed E-state index contributed by atoms with van der Waals surface area (Å²) in [6, 6.07) is 5.34. The molecule has 2 heterocycles. The molecular formula is C14H23BrN2S. The van der Waals surface area contributed by atoms with Gasteiger partial charge in [-0.25, -0.2) is 0 Å². The zero-order valence-electron chi connectivity index (χ0n) is 11.4. The van der Waals surface area contributed by atoms with Gasteiger partial charge in [0, 0.05) is 24.0 Å². The maximum atomic E-state index is 6.05. The first-order chi connectivity index (χ1) is 8.52. The minimum Gasteiger partial charge on any atom is -0.329 e. The Morgan fingerprint density at radius 2 is 2.17 bits per heavy atom. The summed E-state index contributed by atoms with van der Waals surface area (Å²) in [4.78, 5) is 3.99. The number of halogens is 1. The van der Waals surface area contributed by atoms with Crippen LogP contribution in [0.1, 0.15) is 38.1 Å². The first kappa shape index (κ1) is 14.5. The monoisotopic (exact) mass is 330 g/mol. The van der Waals surface area contributed by atoms with Gasteiger partial charge in [0.2, 0.25) is 0 Å². The molecule has 102 valence electrons. The van der Waals surface area contributed by atoms with Gasteiger partial charge < -0.3 is 5.73 Å². The number of likely N-dealkylation sites (tertiary alicyclic amines) is 1. The Hall–Kier alpha value is 0.1000. The number of hydrogen-bond donors (Lipinski definition) is 1. The Balaban J connectivity index is 2.20. The lowest BCUT2D eigenvalue weighted by Gasteiger charge is -2.44. The molecule has 1 aromatic rings. The van der Waals surface area contributed by atoms with Gasteiger partial charge in [0.05, 0.1) is 9.83 Å². The average Bonchev–Trinajstić information content (AvgIpc) is 2.73. The van der Waals surface area contributed by atoms with Gasteiger partial charge in [-0.05, 0) is 53.2 Å². The summed E-state index contributed by atoms with van der Waals surface area (Å²) in [6.07, 6.45) is 1.34. The summed E-state index contributed by atoms with van der Waals surface area (Å²) < 4.78 is 1.20. The third kappa shape index (κ3) is 2.98. The fourth-order valence-electron chi connectivity index (χ4n) is 3.09. The van der Waals surface area contributed by atoms with Crippen molar-refractivity contribution in [1.29, 1.82) is 0 Å². The summed E-state index contributed by atoms with van der Waals surface area (Å²) in [5, 5.41) is 0. The normalized spacial score (nSPS) is 31.5. The fourth-order valence-corrected chi connectivity index (χ4v) is 4.65. The van der Waals surface area contributed by atoms with Gasteiger partial charge in [0.25, 0.3) is 0 Å². The van der Waals surface area contributed by atoms with E-state index >= 15 is 0 Å². The molecule has 0 radical (unpaired) electrons. The minimum absolute atomic E-state index is 0.376. The molecule has 4 atom stereocenters. The van der Waals surface area contributed by atoms with E-state index in [1.165, 1.54) is 21.6 Å². The van der Waals surface area contributed by atoms with E-state index in [9.17, 15) is 0 Å². The van der Waals surface area contributed by atoms with Crippen molar-refractivity contribution in [1.82, 2.24) is 4.90 Å². The van der Waals surface area contributed by atoms with Crippen molar-refractivity contribution in [2.75, 3.05) is 13.1 Å². The Morgan fingerprint density at radius 1 is 1.44 bits per heavy atom. The van der Waals surface area contributed by atoms with Crippen LogP contribution in [0.5, 0.6) is 0 Å². The number of nitrogens with two attached hydrogens (primary N) is 1. The summed E-state index contributed by atoms with van der Waals surface area (Å²) in [7, 11) is 0. The molecule has 4 unspecified atom stereocenters. The van der Waals surface area contributed by atoms with Gasteiger partial charge in [-0.2, -0.15) is 0 Å². The van der Waals surface area contributed by atoms with E-state index in [-0.39, 0.29) is 0 Å². The largest absolute Gasteiger partial charge is 0.329 e. The number of thiophene rings is 1. The van der Waals surface area contributed by atoms with Crippen molar-refractivity contribution in [2.24, 2.45) is 17.6 Å². The van der Waals surface area contributed by atoms with Crippen LogP contribution < -0.4 is 5.73 Å². The molecule has 0 spiro atoms. The number of hydrogen-bond acceptors (Lipinski definition) is 3. The van der Waals surface area contributed by atoms with Gasteiger partial charge >= 0.3 is 0 Å². The summed E-state index contributed by atoms with van der Waals surface area (Å²) in [5.41, 5.74) is 6.05. The lowest BCUT2D eigenvalue weighted by atomic mass is 9.85. The molecule has 2 nitrogen and oxygen atoms in total. The number of nitrogens with zero attached hydrogens (tertiary/aromatic N) is 1. The Kier molecular flexibility index (Phi) is 4.86. The van der Waals surface area contributed by atoms with Crippen molar-refractivity contribution in [2.45, 2.75) is 39.3 Å². The highest BCUT2D eigenvalue weighted by Gasteiger charge is 2.33. The molecule has 0 aliphatic carbocycles. The molecule has 1 aliphatic rings. The van der Waals surface area contributed by atoms with Crippen molar-refractivity contribution < 1.29 is 0 Å². The highest BCUT2D eigenvalue weighted by Crippen LogP contribution is 2.36. The molecule has 4 heteroatoms. The molecular weight excluding hydrogens is 308 g/mol. The van der Waals surface area contributed by atoms with Crippen LogP contribution in [-0.2, 0) is 0 Å². The molecule has 0 saturated carbocycles. The van der Waals surface area contributed by atoms with Crippen LogP contribution in [0.2, 0.25) is 0 Å². The second-order valence-electron chi connectivity index (χ2n) is 5.65. The van der Waals surface area contributed by atoms with E-state index in [0.717, 1.165) is 11.8 Å². The lowest BCUT2D eigenvalue weighted by Crippen LogP contribution is -2.49. The highest BCUT2D eigenvalue weighted by molar-refractivity contribution is 9.11.